The molecule has 0 bridgehead atoms. The number of hydrogen-bond acceptors (Lipinski definition) is 4. The molecule has 90 valence electrons. The minimum Gasteiger partial charge on any atom is -0.368 e. The molecule has 0 spiro atoms. The van der Waals surface area contributed by atoms with Crippen LogP contribution in [0.2, 0.25) is 0 Å². The van der Waals surface area contributed by atoms with Gasteiger partial charge in [0.25, 0.3) is 11.6 Å². The molecule has 3 N–H and O–H groups in total. The fraction of sp³-hybridized carbons (Fsp3) is 0.111. The normalized spacial score (nSPS) is 9.71. The lowest BCUT2D eigenvalue weighted by molar-refractivity contribution is -0.384. The number of nitro benzene ring substituents is 1. The Kier molecular flexibility index (Phi) is 4.16. The molecule has 17 heavy (non-hydrogen) atoms. The molecule has 0 saturated heterocycles. The number of carbonyl (C=O) groups is 2. The molecular formula is C9H8BrN3O4. The van der Waals surface area contributed by atoms with Gasteiger partial charge in [-0.15, -0.1) is 0 Å². The van der Waals surface area contributed by atoms with Crippen LogP contribution < -0.4 is 11.1 Å². The van der Waals surface area contributed by atoms with Crippen molar-refractivity contribution in [2.24, 2.45) is 5.73 Å². The number of amides is 2. The highest BCUT2D eigenvalue weighted by Gasteiger charge is 2.15. The maximum atomic E-state index is 11.6. The SMILES string of the molecule is NC(=O)CNC(=O)c1cc([N+](=O)[O-])ccc1Br. The second-order valence-electron chi connectivity index (χ2n) is 3.07. The number of hydrogen-bond donors (Lipinski definition) is 2. The fourth-order valence-corrected chi connectivity index (χ4v) is 1.49. The number of halogens is 1. The Morgan fingerprint density at radius 1 is 1.47 bits per heavy atom. The molecule has 8 heteroatoms. The summed E-state index contributed by atoms with van der Waals surface area (Å²) in [5.74, 6) is -1.31. The summed E-state index contributed by atoms with van der Waals surface area (Å²) >= 11 is 3.09. The van der Waals surface area contributed by atoms with Crippen LogP contribution in [-0.2, 0) is 4.79 Å². The monoisotopic (exact) mass is 301 g/mol. The molecule has 7 nitrogen and oxygen atoms in total. The van der Waals surface area contributed by atoms with Crippen LogP contribution in [0.1, 0.15) is 10.4 Å². The average Bonchev–Trinajstić information content (AvgIpc) is 2.26. The number of benzene rings is 1. The lowest BCUT2D eigenvalue weighted by atomic mass is 10.2. The van der Waals surface area contributed by atoms with Gasteiger partial charge in [-0.1, -0.05) is 0 Å². The van der Waals surface area contributed by atoms with E-state index in [1.807, 2.05) is 0 Å². The van der Waals surface area contributed by atoms with Crippen molar-refractivity contribution in [3.63, 3.8) is 0 Å². The standard InChI is InChI=1S/C9H8BrN3O4/c10-7-2-1-5(13(16)17)3-6(7)9(15)12-4-8(11)14/h1-3H,4H2,(H2,11,14)(H,12,15). The van der Waals surface area contributed by atoms with Crippen LogP contribution >= 0.6 is 15.9 Å². The summed E-state index contributed by atoms with van der Waals surface area (Å²) in [7, 11) is 0. The Morgan fingerprint density at radius 2 is 2.12 bits per heavy atom. The Hall–Kier alpha value is -1.96. The quantitative estimate of drug-likeness (QED) is 0.625. The van der Waals surface area contributed by atoms with Crippen molar-refractivity contribution in [1.82, 2.24) is 5.32 Å². The molecule has 0 saturated carbocycles. The second kappa shape index (κ2) is 5.39. The van der Waals surface area contributed by atoms with Crippen molar-refractivity contribution < 1.29 is 14.5 Å². The summed E-state index contributed by atoms with van der Waals surface area (Å²) in [5.41, 5.74) is 4.72. The van der Waals surface area contributed by atoms with Gasteiger partial charge in [0.1, 0.15) is 0 Å². The van der Waals surface area contributed by atoms with E-state index < -0.39 is 16.7 Å². The average molecular weight is 302 g/mol. The highest BCUT2D eigenvalue weighted by Crippen LogP contribution is 2.22. The summed E-state index contributed by atoms with van der Waals surface area (Å²) in [5, 5.41) is 12.8. The van der Waals surface area contributed by atoms with Crippen molar-refractivity contribution in [3.8, 4) is 0 Å². The van der Waals surface area contributed by atoms with Gasteiger partial charge in [0.2, 0.25) is 5.91 Å². The van der Waals surface area contributed by atoms with E-state index in [4.69, 9.17) is 5.73 Å². The summed E-state index contributed by atoms with van der Waals surface area (Å²) in [6.07, 6.45) is 0. The van der Waals surface area contributed by atoms with E-state index in [2.05, 4.69) is 21.2 Å². The first-order valence-corrected chi connectivity index (χ1v) is 5.21. The number of non-ortho nitro benzene ring substituents is 1. The minimum atomic E-state index is -0.695. The molecule has 0 aliphatic rings. The molecule has 0 aromatic heterocycles. The molecule has 1 rings (SSSR count). The maximum Gasteiger partial charge on any atom is 0.270 e. The fourth-order valence-electron chi connectivity index (χ4n) is 1.06. The highest BCUT2D eigenvalue weighted by molar-refractivity contribution is 9.10. The van der Waals surface area contributed by atoms with Crippen LogP contribution in [-0.4, -0.2) is 23.3 Å². The second-order valence-corrected chi connectivity index (χ2v) is 3.92. The van der Waals surface area contributed by atoms with Gasteiger partial charge in [0.05, 0.1) is 17.0 Å². The van der Waals surface area contributed by atoms with E-state index in [1.165, 1.54) is 12.1 Å². The van der Waals surface area contributed by atoms with Crippen LogP contribution in [0.15, 0.2) is 22.7 Å². The summed E-state index contributed by atoms with van der Waals surface area (Å²) in [6, 6.07) is 3.76. The summed E-state index contributed by atoms with van der Waals surface area (Å²) < 4.78 is 0.394. The lowest BCUT2D eigenvalue weighted by Gasteiger charge is -2.04. The zero-order valence-electron chi connectivity index (χ0n) is 8.47. The van der Waals surface area contributed by atoms with E-state index in [1.54, 1.807) is 0 Å². The van der Waals surface area contributed by atoms with Crippen molar-refractivity contribution in [3.05, 3.63) is 38.3 Å². The van der Waals surface area contributed by atoms with Crippen LogP contribution in [0.5, 0.6) is 0 Å². The third-order valence-electron chi connectivity index (χ3n) is 1.83. The zero-order chi connectivity index (χ0) is 13.0. The molecular weight excluding hydrogens is 294 g/mol. The molecule has 0 unspecified atom stereocenters. The topological polar surface area (TPSA) is 115 Å². The number of primary amides is 1. The Bertz CT molecular complexity index is 489. The molecule has 0 aliphatic carbocycles. The summed E-state index contributed by atoms with van der Waals surface area (Å²) in [4.78, 5) is 32.0. The first-order chi connectivity index (χ1) is 7.91. The van der Waals surface area contributed by atoms with Gasteiger partial charge in [-0.3, -0.25) is 19.7 Å². The smallest absolute Gasteiger partial charge is 0.270 e. The first kappa shape index (κ1) is 13.1. The third kappa shape index (κ3) is 3.52. The predicted molar refractivity (Wildman–Crippen MR) is 62.3 cm³/mol. The number of nitrogens with two attached hydrogens (primary N) is 1. The van der Waals surface area contributed by atoms with E-state index in [-0.39, 0.29) is 17.8 Å². The van der Waals surface area contributed by atoms with Crippen LogP contribution in [0.3, 0.4) is 0 Å². The van der Waals surface area contributed by atoms with Gasteiger partial charge in [-0.05, 0) is 22.0 Å². The van der Waals surface area contributed by atoms with E-state index in [0.29, 0.717) is 4.47 Å². The molecule has 1 aromatic carbocycles. The molecule has 0 radical (unpaired) electrons. The van der Waals surface area contributed by atoms with Gasteiger partial charge in [0.15, 0.2) is 0 Å². The molecule has 0 heterocycles. The molecule has 2 amide bonds. The third-order valence-corrected chi connectivity index (χ3v) is 2.52. The van der Waals surface area contributed by atoms with Crippen LogP contribution in [0, 0.1) is 10.1 Å². The van der Waals surface area contributed by atoms with Crippen LogP contribution in [0.4, 0.5) is 5.69 Å². The van der Waals surface area contributed by atoms with Gasteiger partial charge in [0, 0.05) is 16.6 Å². The van der Waals surface area contributed by atoms with Crippen molar-refractivity contribution in [2.75, 3.05) is 6.54 Å². The van der Waals surface area contributed by atoms with Crippen molar-refractivity contribution >= 4 is 33.4 Å². The maximum absolute atomic E-state index is 11.6. The van der Waals surface area contributed by atoms with Gasteiger partial charge >= 0.3 is 0 Å². The minimum absolute atomic E-state index is 0.0699. The van der Waals surface area contributed by atoms with Gasteiger partial charge < -0.3 is 11.1 Å². The molecule has 0 aliphatic heterocycles. The Morgan fingerprint density at radius 3 is 2.65 bits per heavy atom. The van der Waals surface area contributed by atoms with E-state index >= 15 is 0 Å². The molecule has 0 fully saturated rings. The van der Waals surface area contributed by atoms with Crippen molar-refractivity contribution in [2.45, 2.75) is 0 Å². The number of nitrogens with one attached hydrogen (secondary N) is 1. The van der Waals surface area contributed by atoms with Gasteiger partial charge in [-0.2, -0.15) is 0 Å². The number of nitro groups is 1. The number of nitrogens with zero attached hydrogens (tertiary/aromatic N) is 1. The highest BCUT2D eigenvalue weighted by atomic mass is 79.9. The molecule has 0 atom stereocenters. The van der Waals surface area contributed by atoms with Crippen molar-refractivity contribution in [1.29, 1.82) is 0 Å². The predicted octanol–water partition coefficient (Wildman–Crippen LogP) is 0.572. The van der Waals surface area contributed by atoms with Gasteiger partial charge in [-0.25, -0.2) is 0 Å². The Balaban J connectivity index is 2.95. The Labute approximate surface area is 104 Å². The lowest BCUT2D eigenvalue weighted by Crippen LogP contribution is -2.33. The largest absolute Gasteiger partial charge is 0.368 e. The van der Waals surface area contributed by atoms with E-state index in [0.717, 1.165) is 6.07 Å². The van der Waals surface area contributed by atoms with Crippen LogP contribution in [0.25, 0.3) is 0 Å². The molecule has 1 aromatic rings. The van der Waals surface area contributed by atoms with E-state index in [9.17, 15) is 19.7 Å². The summed E-state index contributed by atoms with van der Waals surface area (Å²) in [6.45, 7) is -0.325. The number of rotatable bonds is 4. The number of carbonyl (C=O) groups excluding carboxylic acids is 2. The zero-order valence-corrected chi connectivity index (χ0v) is 10.1. The first-order valence-electron chi connectivity index (χ1n) is 4.42.